The third kappa shape index (κ3) is 3.67. The Labute approximate surface area is 106 Å². The number of aliphatic hydroxyl groups is 1. The highest BCUT2D eigenvalue weighted by Crippen LogP contribution is 2.24. The summed E-state index contributed by atoms with van der Waals surface area (Å²) in [5.41, 5.74) is -0.524. The highest BCUT2D eigenvalue weighted by atomic mass is 16.3. The molecule has 0 spiro atoms. The van der Waals surface area contributed by atoms with Gasteiger partial charge in [0.05, 0.1) is 5.60 Å². The average Bonchev–Trinajstić information content (AvgIpc) is 2.25. The van der Waals surface area contributed by atoms with Crippen molar-refractivity contribution in [3.63, 3.8) is 0 Å². The molecule has 0 radical (unpaired) electrons. The van der Waals surface area contributed by atoms with Gasteiger partial charge in [-0.15, -0.1) is 0 Å². The first-order chi connectivity index (χ1) is 7.96. The first-order valence-electron chi connectivity index (χ1n) is 7.16. The smallest absolute Gasteiger partial charge is 0.0603 e. The van der Waals surface area contributed by atoms with Crippen LogP contribution in [-0.2, 0) is 0 Å². The van der Waals surface area contributed by atoms with Crippen molar-refractivity contribution >= 4 is 0 Å². The number of nitrogens with zero attached hydrogens (tertiary/aromatic N) is 2. The van der Waals surface area contributed by atoms with E-state index < -0.39 is 5.60 Å². The van der Waals surface area contributed by atoms with Crippen LogP contribution < -0.4 is 0 Å². The van der Waals surface area contributed by atoms with Crippen molar-refractivity contribution in [3.8, 4) is 0 Å². The molecule has 3 heteroatoms. The second-order valence-electron chi connectivity index (χ2n) is 6.55. The van der Waals surface area contributed by atoms with Crippen LogP contribution in [0.15, 0.2) is 0 Å². The molecule has 2 heterocycles. The minimum Gasteiger partial charge on any atom is -0.390 e. The van der Waals surface area contributed by atoms with E-state index in [0.29, 0.717) is 6.04 Å². The molecular formula is C14H28N2O. The van der Waals surface area contributed by atoms with Crippen LogP contribution in [-0.4, -0.2) is 58.8 Å². The van der Waals surface area contributed by atoms with E-state index in [-0.39, 0.29) is 0 Å². The Morgan fingerprint density at radius 2 is 2.00 bits per heavy atom. The lowest BCUT2D eigenvalue weighted by Crippen LogP contribution is -2.59. The molecule has 0 aliphatic carbocycles. The molecular weight excluding hydrogens is 212 g/mol. The van der Waals surface area contributed by atoms with Crippen LogP contribution in [0, 0.1) is 0 Å². The summed E-state index contributed by atoms with van der Waals surface area (Å²) in [6.07, 6.45) is 5.03. The molecule has 2 aliphatic rings. The van der Waals surface area contributed by atoms with Gasteiger partial charge in [-0.2, -0.15) is 0 Å². The van der Waals surface area contributed by atoms with E-state index in [1.54, 1.807) is 0 Å². The van der Waals surface area contributed by atoms with Crippen LogP contribution in [0.4, 0.5) is 0 Å². The van der Waals surface area contributed by atoms with Crippen molar-refractivity contribution in [1.82, 2.24) is 9.80 Å². The lowest BCUT2D eigenvalue weighted by atomic mass is 9.96. The molecule has 2 saturated heterocycles. The predicted molar refractivity (Wildman–Crippen MR) is 71.2 cm³/mol. The fraction of sp³-hybridized carbons (Fsp3) is 1.00. The monoisotopic (exact) mass is 240 g/mol. The Morgan fingerprint density at radius 3 is 2.71 bits per heavy atom. The Bertz CT molecular complexity index is 249. The molecule has 2 fully saturated rings. The van der Waals surface area contributed by atoms with Crippen molar-refractivity contribution in [1.29, 1.82) is 0 Å². The molecule has 0 amide bonds. The summed E-state index contributed by atoms with van der Waals surface area (Å²) in [4.78, 5) is 5.25. The maximum atomic E-state index is 9.83. The molecule has 17 heavy (non-hydrogen) atoms. The van der Waals surface area contributed by atoms with E-state index in [4.69, 9.17) is 0 Å². The molecule has 0 saturated carbocycles. The Kier molecular flexibility index (Phi) is 4.11. The fourth-order valence-electron chi connectivity index (χ4n) is 3.14. The summed E-state index contributed by atoms with van der Waals surface area (Å²) >= 11 is 0. The first kappa shape index (κ1) is 13.3. The van der Waals surface area contributed by atoms with E-state index in [0.717, 1.165) is 19.0 Å². The molecule has 0 bridgehead atoms. The quantitative estimate of drug-likeness (QED) is 0.813. The number of piperidine rings is 1. The Balaban J connectivity index is 1.86. The number of rotatable bonds is 3. The molecule has 2 unspecified atom stereocenters. The van der Waals surface area contributed by atoms with E-state index >= 15 is 0 Å². The first-order valence-corrected chi connectivity index (χ1v) is 7.16. The van der Waals surface area contributed by atoms with Gasteiger partial charge in [-0.3, -0.25) is 9.80 Å². The lowest BCUT2D eigenvalue weighted by molar-refractivity contribution is -0.00351. The van der Waals surface area contributed by atoms with Crippen molar-refractivity contribution in [3.05, 3.63) is 0 Å². The highest BCUT2D eigenvalue weighted by Gasteiger charge is 2.33. The second-order valence-corrected chi connectivity index (χ2v) is 6.55. The van der Waals surface area contributed by atoms with Gasteiger partial charge in [0.15, 0.2) is 0 Å². The SMILES string of the molecule is CC1CN2CCCCC2CN1CCC(C)(C)O. The normalized spacial score (nSPS) is 32.5. The molecule has 0 aromatic heterocycles. The van der Waals surface area contributed by atoms with Crippen LogP contribution in [0.3, 0.4) is 0 Å². The largest absolute Gasteiger partial charge is 0.390 e. The topological polar surface area (TPSA) is 26.7 Å². The van der Waals surface area contributed by atoms with Crippen molar-refractivity contribution < 1.29 is 5.11 Å². The van der Waals surface area contributed by atoms with Gasteiger partial charge in [-0.1, -0.05) is 6.42 Å². The maximum Gasteiger partial charge on any atom is 0.0603 e. The van der Waals surface area contributed by atoms with Crippen LogP contribution in [0.25, 0.3) is 0 Å². The third-order valence-electron chi connectivity index (χ3n) is 4.33. The van der Waals surface area contributed by atoms with Crippen molar-refractivity contribution in [2.45, 2.75) is 64.1 Å². The summed E-state index contributed by atoms with van der Waals surface area (Å²) in [6, 6.07) is 1.42. The minimum absolute atomic E-state index is 0.524. The minimum atomic E-state index is -0.524. The van der Waals surface area contributed by atoms with Gasteiger partial charge in [-0.05, 0) is 46.6 Å². The fourth-order valence-corrected chi connectivity index (χ4v) is 3.14. The zero-order chi connectivity index (χ0) is 12.5. The van der Waals surface area contributed by atoms with E-state index in [1.807, 2.05) is 13.8 Å². The number of hydrogen-bond donors (Lipinski definition) is 1. The van der Waals surface area contributed by atoms with Gasteiger partial charge in [0, 0.05) is 31.7 Å². The Hall–Kier alpha value is -0.120. The van der Waals surface area contributed by atoms with Crippen LogP contribution in [0.2, 0.25) is 0 Å². The summed E-state index contributed by atoms with van der Waals surface area (Å²) in [5.74, 6) is 0. The predicted octanol–water partition coefficient (Wildman–Crippen LogP) is 1.71. The standard InChI is InChI=1S/C14H28N2O/c1-12-10-16-8-5-4-6-13(16)11-15(12)9-7-14(2,3)17/h12-13,17H,4-11H2,1-3H3. The van der Waals surface area contributed by atoms with Gasteiger partial charge >= 0.3 is 0 Å². The van der Waals surface area contributed by atoms with Crippen LogP contribution in [0.5, 0.6) is 0 Å². The molecule has 3 nitrogen and oxygen atoms in total. The van der Waals surface area contributed by atoms with E-state index in [2.05, 4.69) is 16.7 Å². The van der Waals surface area contributed by atoms with E-state index in [9.17, 15) is 5.11 Å². The van der Waals surface area contributed by atoms with Gasteiger partial charge in [0.25, 0.3) is 0 Å². The van der Waals surface area contributed by atoms with Crippen LogP contribution >= 0.6 is 0 Å². The average molecular weight is 240 g/mol. The van der Waals surface area contributed by atoms with E-state index in [1.165, 1.54) is 38.9 Å². The summed E-state index contributed by atoms with van der Waals surface area (Å²) in [5, 5.41) is 9.83. The summed E-state index contributed by atoms with van der Waals surface area (Å²) in [7, 11) is 0. The zero-order valence-electron chi connectivity index (χ0n) is 11.7. The van der Waals surface area contributed by atoms with Gasteiger partial charge in [-0.25, -0.2) is 0 Å². The molecule has 0 aromatic carbocycles. The molecule has 2 atom stereocenters. The molecule has 0 aromatic rings. The zero-order valence-corrected chi connectivity index (χ0v) is 11.7. The van der Waals surface area contributed by atoms with Crippen molar-refractivity contribution in [2.75, 3.05) is 26.2 Å². The Morgan fingerprint density at radius 1 is 1.24 bits per heavy atom. The summed E-state index contributed by atoms with van der Waals surface area (Å²) < 4.78 is 0. The van der Waals surface area contributed by atoms with Gasteiger partial charge in [0.1, 0.15) is 0 Å². The third-order valence-corrected chi connectivity index (χ3v) is 4.33. The van der Waals surface area contributed by atoms with Gasteiger partial charge in [0.2, 0.25) is 0 Å². The molecule has 1 N–H and O–H groups in total. The summed E-state index contributed by atoms with van der Waals surface area (Å²) in [6.45, 7) is 10.9. The lowest BCUT2D eigenvalue weighted by Gasteiger charge is -2.48. The van der Waals surface area contributed by atoms with Crippen molar-refractivity contribution in [2.24, 2.45) is 0 Å². The number of piperazine rings is 1. The highest BCUT2D eigenvalue weighted by molar-refractivity contribution is 4.89. The molecule has 2 aliphatic heterocycles. The second kappa shape index (κ2) is 5.25. The number of hydrogen-bond acceptors (Lipinski definition) is 3. The maximum absolute atomic E-state index is 9.83. The van der Waals surface area contributed by atoms with Gasteiger partial charge < -0.3 is 5.11 Å². The number of fused-ring (bicyclic) bond motifs is 1. The molecule has 100 valence electrons. The van der Waals surface area contributed by atoms with Crippen LogP contribution in [0.1, 0.15) is 46.5 Å². The molecule has 2 rings (SSSR count).